The van der Waals surface area contributed by atoms with Crippen LogP contribution in [-0.4, -0.2) is 17.1 Å². The van der Waals surface area contributed by atoms with Crippen molar-refractivity contribution in [2.24, 2.45) is 0 Å². The number of rotatable bonds is 3. The maximum Gasteiger partial charge on any atom is 0.242 e. The number of nitrogens with one attached hydrogen (secondary N) is 3. The summed E-state index contributed by atoms with van der Waals surface area (Å²) in [4.78, 5) is 11.8. The fourth-order valence-corrected chi connectivity index (χ4v) is 2.99. The normalized spacial score (nSPS) is 14.8. The summed E-state index contributed by atoms with van der Waals surface area (Å²) in [6.07, 6.45) is 4.85. The maximum atomic E-state index is 11.8. The second kappa shape index (κ2) is 7.82. The second-order valence-electron chi connectivity index (χ2n) is 5.04. The summed E-state index contributed by atoms with van der Waals surface area (Å²) in [5.74, 6) is -0.213. The molecule has 1 aromatic rings. The Morgan fingerprint density at radius 3 is 2.62 bits per heavy atom. The molecule has 0 saturated heterocycles. The Balaban J connectivity index is 1.75. The van der Waals surface area contributed by atoms with E-state index >= 15 is 0 Å². The third kappa shape index (κ3) is 5.34. The molecule has 1 saturated carbocycles. The van der Waals surface area contributed by atoms with E-state index < -0.39 is 0 Å². The molecular formula is C14H17Cl2N3OS. The van der Waals surface area contributed by atoms with Crippen LogP contribution in [0.1, 0.15) is 31.2 Å². The topological polar surface area (TPSA) is 53.2 Å². The van der Waals surface area contributed by atoms with Crippen LogP contribution in [0.25, 0.3) is 0 Å². The number of hydrazine groups is 1. The fourth-order valence-electron chi connectivity index (χ4n) is 2.30. The van der Waals surface area contributed by atoms with Gasteiger partial charge in [0.05, 0.1) is 6.42 Å². The van der Waals surface area contributed by atoms with Gasteiger partial charge < -0.3 is 5.32 Å². The molecule has 3 N–H and O–H groups in total. The van der Waals surface area contributed by atoms with Crippen molar-refractivity contribution in [1.29, 1.82) is 0 Å². The standard InChI is InChI=1S/C14H17Cl2N3OS/c15-10-6-5-9(12(16)8-10)7-13(20)18-19-14(21)17-11-3-1-2-4-11/h5-6,8,11H,1-4,7H2,(H,18,20)(H2,17,19,21). The number of halogens is 2. The van der Waals surface area contributed by atoms with Crippen LogP contribution in [0.5, 0.6) is 0 Å². The van der Waals surface area contributed by atoms with E-state index in [0.717, 1.165) is 18.4 Å². The minimum Gasteiger partial charge on any atom is -0.359 e. The van der Waals surface area contributed by atoms with Gasteiger partial charge in [-0.3, -0.25) is 15.6 Å². The summed E-state index contributed by atoms with van der Waals surface area (Å²) >= 11 is 17.0. The Hall–Kier alpha value is -1.04. The summed E-state index contributed by atoms with van der Waals surface area (Å²) in [5, 5.41) is 4.64. The van der Waals surface area contributed by atoms with Crippen LogP contribution in [0.3, 0.4) is 0 Å². The zero-order valence-corrected chi connectivity index (χ0v) is 13.7. The summed E-state index contributed by atoms with van der Waals surface area (Å²) < 4.78 is 0. The Morgan fingerprint density at radius 2 is 1.95 bits per heavy atom. The van der Waals surface area contributed by atoms with E-state index in [1.807, 2.05) is 0 Å². The van der Waals surface area contributed by atoms with Gasteiger partial charge in [0.15, 0.2) is 5.11 Å². The minimum absolute atomic E-state index is 0.162. The van der Waals surface area contributed by atoms with Crippen LogP contribution >= 0.6 is 35.4 Å². The van der Waals surface area contributed by atoms with Crippen molar-refractivity contribution < 1.29 is 4.79 Å². The molecule has 1 aromatic carbocycles. The van der Waals surface area contributed by atoms with Crippen molar-refractivity contribution >= 4 is 46.4 Å². The first-order valence-corrected chi connectivity index (χ1v) is 8.00. The molecule has 1 fully saturated rings. The van der Waals surface area contributed by atoms with Crippen molar-refractivity contribution in [2.75, 3.05) is 0 Å². The van der Waals surface area contributed by atoms with E-state index in [4.69, 9.17) is 35.4 Å². The van der Waals surface area contributed by atoms with Gasteiger partial charge in [-0.1, -0.05) is 42.1 Å². The van der Waals surface area contributed by atoms with E-state index in [1.165, 1.54) is 12.8 Å². The van der Waals surface area contributed by atoms with Gasteiger partial charge in [-0.15, -0.1) is 0 Å². The zero-order valence-electron chi connectivity index (χ0n) is 11.4. The van der Waals surface area contributed by atoms with Gasteiger partial charge in [-0.2, -0.15) is 0 Å². The lowest BCUT2D eigenvalue weighted by molar-refractivity contribution is -0.121. The predicted octanol–water partition coefficient (Wildman–Crippen LogP) is 2.97. The average molecular weight is 346 g/mol. The summed E-state index contributed by atoms with van der Waals surface area (Å²) in [6.45, 7) is 0. The Labute approximate surface area is 139 Å². The molecule has 0 atom stereocenters. The first kappa shape index (κ1) is 16.3. The molecular weight excluding hydrogens is 329 g/mol. The predicted molar refractivity (Wildman–Crippen MR) is 89.4 cm³/mol. The first-order chi connectivity index (χ1) is 10.0. The molecule has 2 rings (SSSR count). The van der Waals surface area contributed by atoms with Crippen molar-refractivity contribution in [3.63, 3.8) is 0 Å². The van der Waals surface area contributed by atoms with Gasteiger partial charge in [-0.25, -0.2) is 0 Å². The summed E-state index contributed by atoms with van der Waals surface area (Å²) in [7, 11) is 0. The molecule has 0 aromatic heterocycles. The number of hydrogen-bond donors (Lipinski definition) is 3. The van der Waals surface area contributed by atoms with Gasteiger partial charge in [0, 0.05) is 16.1 Å². The highest BCUT2D eigenvalue weighted by Gasteiger charge is 2.15. The molecule has 0 heterocycles. The highest BCUT2D eigenvalue weighted by Crippen LogP contribution is 2.21. The lowest BCUT2D eigenvalue weighted by atomic mass is 10.1. The minimum atomic E-state index is -0.213. The van der Waals surface area contributed by atoms with Crippen LogP contribution in [0.4, 0.5) is 0 Å². The molecule has 1 aliphatic carbocycles. The van der Waals surface area contributed by atoms with E-state index in [0.29, 0.717) is 21.2 Å². The molecule has 1 aliphatic rings. The summed E-state index contributed by atoms with van der Waals surface area (Å²) in [6, 6.07) is 5.47. The quantitative estimate of drug-likeness (QED) is 0.582. The van der Waals surface area contributed by atoms with E-state index in [-0.39, 0.29) is 12.3 Å². The smallest absolute Gasteiger partial charge is 0.242 e. The molecule has 114 valence electrons. The number of hydrogen-bond acceptors (Lipinski definition) is 2. The van der Waals surface area contributed by atoms with Crippen molar-refractivity contribution in [2.45, 2.75) is 38.1 Å². The lowest BCUT2D eigenvalue weighted by Crippen LogP contribution is -2.49. The summed E-state index contributed by atoms with van der Waals surface area (Å²) in [5.41, 5.74) is 5.99. The van der Waals surface area contributed by atoms with Gasteiger partial charge >= 0.3 is 0 Å². The first-order valence-electron chi connectivity index (χ1n) is 6.84. The van der Waals surface area contributed by atoms with E-state index in [2.05, 4.69) is 16.2 Å². The Kier molecular flexibility index (Phi) is 6.08. The van der Waals surface area contributed by atoms with E-state index in [1.54, 1.807) is 18.2 Å². The maximum absolute atomic E-state index is 11.8. The Morgan fingerprint density at radius 1 is 1.24 bits per heavy atom. The zero-order chi connectivity index (χ0) is 15.2. The largest absolute Gasteiger partial charge is 0.359 e. The van der Waals surface area contributed by atoms with Crippen LogP contribution in [0, 0.1) is 0 Å². The van der Waals surface area contributed by atoms with Crippen molar-refractivity contribution in [1.82, 2.24) is 16.2 Å². The monoisotopic (exact) mass is 345 g/mol. The highest BCUT2D eigenvalue weighted by molar-refractivity contribution is 7.80. The van der Waals surface area contributed by atoms with Gasteiger partial charge in [-0.05, 0) is 42.8 Å². The van der Waals surface area contributed by atoms with Crippen LogP contribution in [0.2, 0.25) is 10.0 Å². The Bertz CT molecular complexity index is 533. The molecule has 0 bridgehead atoms. The van der Waals surface area contributed by atoms with Gasteiger partial charge in [0.25, 0.3) is 0 Å². The third-order valence-corrected chi connectivity index (χ3v) is 4.18. The molecule has 0 unspecified atom stereocenters. The third-order valence-electron chi connectivity index (χ3n) is 3.37. The molecule has 21 heavy (non-hydrogen) atoms. The fraction of sp³-hybridized carbons (Fsp3) is 0.429. The number of amides is 1. The van der Waals surface area contributed by atoms with Crippen molar-refractivity contribution in [3.8, 4) is 0 Å². The molecule has 0 aliphatic heterocycles. The number of thiocarbonyl (C=S) groups is 1. The molecule has 0 radical (unpaired) electrons. The number of carbonyl (C=O) groups is 1. The lowest BCUT2D eigenvalue weighted by Gasteiger charge is -2.16. The van der Waals surface area contributed by atoms with Crippen molar-refractivity contribution in [3.05, 3.63) is 33.8 Å². The van der Waals surface area contributed by atoms with Gasteiger partial charge in [0.2, 0.25) is 5.91 Å². The second-order valence-corrected chi connectivity index (χ2v) is 6.29. The molecule has 0 spiro atoms. The number of benzene rings is 1. The molecule has 7 heteroatoms. The van der Waals surface area contributed by atoms with Crippen LogP contribution in [-0.2, 0) is 11.2 Å². The molecule has 1 amide bonds. The highest BCUT2D eigenvalue weighted by atomic mass is 35.5. The van der Waals surface area contributed by atoms with Gasteiger partial charge in [0.1, 0.15) is 0 Å². The van der Waals surface area contributed by atoms with Crippen LogP contribution < -0.4 is 16.2 Å². The SMILES string of the molecule is O=C(Cc1ccc(Cl)cc1Cl)NNC(=S)NC1CCCC1. The average Bonchev–Trinajstić information content (AvgIpc) is 2.92. The van der Waals surface area contributed by atoms with Crippen LogP contribution in [0.15, 0.2) is 18.2 Å². The molecule has 4 nitrogen and oxygen atoms in total. The number of carbonyl (C=O) groups excluding carboxylic acids is 1. The van der Waals surface area contributed by atoms with E-state index in [9.17, 15) is 4.79 Å².